The number of carbonyl (C=O) groups excluding carboxylic acids is 1. The van der Waals surface area contributed by atoms with E-state index in [2.05, 4.69) is 18.4 Å². The number of benzene rings is 2. The van der Waals surface area contributed by atoms with Crippen molar-refractivity contribution in [3.63, 3.8) is 0 Å². The number of ether oxygens (including phenoxy) is 2. The van der Waals surface area contributed by atoms with Crippen LogP contribution in [0.15, 0.2) is 42.5 Å². The summed E-state index contributed by atoms with van der Waals surface area (Å²) in [5.74, 6) is 0.323. The van der Waals surface area contributed by atoms with E-state index in [0.29, 0.717) is 37.5 Å². The topological polar surface area (TPSA) is 43.7 Å². The van der Waals surface area contributed by atoms with E-state index >= 15 is 0 Å². The molecule has 1 heterocycles. The van der Waals surface area contributed by atoms with Crippen molar-refractivity contribution in [3.8, 4) is 5.75 Å². The number of rotatable bonds is 9. The van der Waals surface area contributed by atoms with Gasteiger partial charge in [-0.25, -0.2) is 4.39 Å². The molecule has 0 fully saturated rings. The van der Waals surface area contributed by atoms with Crippen LogP contribution in [-0.2, 0) is 11.3 Å². The highest BCUT2D eigenvalue weighted by Crippen LogP contribution is 2.26. The summed E-state index contributed by atoms with van der Waals surface area (Å²) in [4.78, 5) is 14.6. The molecule has 1 aromatic heterocycles. The van der Waals surface area contributed by atoms with Crippen LogP contribution < -0.4 is 4.74 Å². The minimum atomic E-state index is -0.288. The lowest BCUT2D eigenvalue weighted by Gasteiger charge is -2.17. The maximum absolute atomic E-state index is 12.9. The van der Waals surface area contributed by atoms with Gasteiger partial charge < -0.3 is 18.9 Å². The molecule has 0 saturated heterocycles. The highest BCUT2D eigenvalue weighted by Gasteiger charge is 2.16. The highest BCUT2D eigenvalue weighted by molar-refractivity contribution is 5.99. The zero-order chi connectivity index (χ0) is 21.7. The number of amides is 1. The number of aromatic nitrogens is 1. The molecule has 1 amide bonds. The van der Waals surface area contributed by atoms with Crippen molar-refractivity contribution in [2.75, 3.05) is 33.9 Å². The molecule has 0 unspecified atom stereocenters. The largest absolute Gasteiger partial charge is 0.494 e. The van der Waals surface area contributed by atoms with Crippen LogP contribution in [0.25, 0.3) is 10.9 Å². The lowest BCUT2D eigenvalue weighted by Crippen LogP contribution is -2.28. The molecular formula is C24H29FN2O3. The van der Waals surface area contributed by atoms with E-state index in [-0.39, 0.29) is 11.7 Å². The van der Waals surface area contributed by atoms with Crippen LogP contribution >= 0.6 is 0 Å². The fraction of sp³-hybridized carbons (Fsp3) is 0.375. The van der Waals surface area contributed by atoms with Crippen molar-refractivity contribution in [3.05, 3.63) is 65.1 Å². The molecule has 0 spiro atoms. The predicted molar refractivity (Wildman–Crippen MR) is 117 cm³/mol. The quantitative estimate of drug-likeness (QED) is 0.483. The van der Waals surface area contributed by atoms with Crippen LogP contribution in [0.2, 0.25) is 0 Å². The average Bonchev–Trinajstić information content (AvgIpc) is 2.99. The molecular weight excluding hydrogens is 383 g/mol. The van der Waals surface area contributed by atoms with Gasteiger partial charge >= 0.3 is 0 Å². The Bertz CT molecular complexity index is 1010. The minimum Gasteiger partial charge on any atom is -0.494 e. The number of carbonyl (C=O) groups is 1. The molecule has 2 aromatic carbocycles. The van der Waals surface area contributed by atoms with Crippen molar-refractivity contribution >= 4 is 16.8 Å². The van der Waals surface area contributed by atoms with Crippen LogP contribution in [0.1, 0.15) is 28.0 Å². The van der Waals surface area contributed by atoms with Crippen molar-refractivity contribution in [1.82, 2.24) is 9.47 Å². The second-order valence-electron chi connectivity index (χ2n) is 7.47. The van der Waals surface area contributed by atoms with E-state index in [4.69, 9.17) is 9.47 Å². The Hall–Kier alpha value is -2.86. The maximum atomic E-state index is 12.9. The Morgan fingerprint density at radius 3 is 2.53 bits per heavy atom. The molecule has 3 aromatic rings. The van der Waals surface area contributed by atoms with Gasteiger partial charge in [-0.1, -0.05) is 0 Å². The third-order valence-electron chi connectivity index (χ3n) is 5.47. The van der Waals surface area contributed by atoms with Crippen molar-refractivity contribution in [2.24, 2.45) is 0 Å². The maximum Gasteiger partial charge on any atom is 0.253 e. The normalized spacial score (nSPS) is 11.1. The van der Waals surface area contributed by atoms with Gasteiger partial charge in [0.1, 0.15) is 11.6 Å². The number of methoxy groups -OCH3 is 1. The minimum absolute atomic E-state index is 0.0135. The lowest BCUT2D eigenvalue weighted by molar-refractivity contribution is 0.0788. The van der Waals surface area contributed by atoms with Gasteiger partial charge in [0, 0.05) is 49.4 Å². The van der Waals surface area contributed by atoms with Gasteiger partial charge in [0.2, 0.25) is 0 Å². The number of hydrogen-bond donors (Lipinski definition) is 0. The van der Waals surface area contributed by atoms with Gasteiger partial charge in [0.15, 0.2) is 0 Å². The van der Waals surface area contributed by atoms with Gasteiger partial charge in [0.25, 0.3) is 5.91 Å². The summed E-state index contributed by atoms with van der Waals surface area (Å²) < 4.78 is 26.0. The first-order chi connectivity index (χ1) is 14.4. The Labute approximate surface area is 177 Å². The van der Waals surface area contributed by atoms with E-state index in [1.807, 2.05) is 18.2 Å². The first-order valence-electron chi connectivity index (χ1n) is 10.1. The Kier molecular flexibility index (Phi) is 7.11. The third-order valence-corrected chi connectivity index (χ3v) is 5.47. The molecule has 30 heavy (non-hydrogen) atoms. The fourth-order valence-corrected chi connectivity index (χ4v) is 3.60. The predicted octanol–water partition coefficient (Wildman–Crippen LogP) is 4.58. The number of fused-ring (bicyclic) bond motifs is 1. The molecule has 0 aliphatic heterocycles. The Morgan fingerprint density at radius 1 is 1.10 bits per heavy atom. The first-order valence-corrected chi connectivity index (χ1v) is 10.1. The number of halogens is 1. The van der Waals surface area contributed by atoms with E-state index in [1.165, 1.54) is 23.4 Å². The van der Waals surface area contributed by atoms with Crippen LogP contribution in [0.3, 0.4) is 0 Å². The monoisotopic (exact) mass is 412 g/mol. The van der Waals surface area contributed by atoms with E-state index in [1.54, 1.807) is 31.2 Å². The summed E-state index contributed by atoms with van der Waals surface area (Å²) in [5, 5.41) is 1.10. The lowest BCUT2D eigenvalue weighted by atomic mass is 10.1. The van der Waals surface area contributed by atoms with Gasteiger partial charge in [-0.05, 0) is 68.3 Å². The van der Waals surface area contributed by atoms with Gasteiger partial charge in [-0.3, -0.25) is 4.79 Å². The Morgan fingerprint density at radius 2 is 1.83 bits per heavy atom. The third kappa shape index (κ3) is 4.82. The van der Waals surface area contributed by atoms with Crippen LogP contribution in [-0.4, -0.2) is 49.3 Å². The summed E-state index contributed by atoms with van der Waals surface area (Å²) in [6, 6.07) is 11.8. The molecule has 0 saturated carbocycles. The van der Waals surface area contributed by atoms with E-state index in [0.717, 1.165) is 17.4 Å². The second-order valence-corrected chi connectivity index (χ2v) is 7.47. The summed E-state index contributed by atoms with van der Waals surface area (Å²) in [5.41, 5.74) is 4.18. The molecule has 160 valence electrons. The summed E-state index contributed by atoms with van der Waals surface area (Å²) >= 11 is 0. The van der Waals surface area contributed by atoms with Crippen molar-refractivity contribution in [2.45, 2.75) is 26.8 Å². The molecule has 0 radical (unpaired) electrons. The smallest absolute Gasteiger partial charge is 0.253 e. The number of aryl methyl sites for hydroxylation is 1. The molecule has 0 aliphatic rings. The number of hydrogen-bond acceptors (Lipinski definition) is 3. The molecule has 0 aliphatic carbocycles. The van der Waals surface area contributed by atoms with Crippen molar-refractivity contribution in [1.29, 1.82) is 0 Å². The Balaban J connectivity index is 1.62. The SMILES string of the molecule is COCCn1c(C)c(C)c2cc(C(=O)N(C)CCCOc3ccc(F)cc3)ccc21. The van der Waals surface area contributed by atoms with Crippen LogP contribution in [0.4, 0.5) is 4.39 Å². The van der Waals surface area contributed by atoms with Gasteiger partial charge in [0.05, 0.1) is 13.2 Å². The highest BCUT2D eigenvalue weighted by atomic mass is 19.1. The van der Waals surface area contributed by atoms with E-state index < -0.39 is 0 Å². The molecule has 6 heteroatoms. The molecule has 0 atom stereocenters. The zero-order valence-corrected chi connectivity index (χ0v) is 18.1. The standard InChI is InChI=1S/C24H29FN2O3/c1-17-18(2)27(13-15-29-4)23-11-6-19(16-22(17)23)24(28)26(3)12-5-14-30-21-9-7-20(25)8-10-21/h6-11,16H,5,12-15H2,1-4H3. The molecule has 3 rings (SSSR count). The summed E-state index contributed by atoms with van der Waals surface area (Å²) in [6.07, 6.45) is 0.688. The van der Waals surface area contributed by atoms with Gasteiger partial charge in [-0.15, -0.1) is 0 Å². The van der Waals surface area contributed by atoms with Crippen molar-refractivity contribution < 1.29 is 18.7 Å². The second kappa shape index (κ2) is 9.76. The fourth-order valence-electron chi connectivity index (χ4n) is 3.60. The molecule has 0 bridgehead atoms. The molecule has 5 nitrogen and oxygen atoms in total. The molecule has 0 N–H and O–H groups in total. The van der Waals surface area contributed by atoms with Crippen LogP contribution in [0, 0.1) is 19.7 Å². The average molecular weight is 413 g/mol. The van der Waals surface area contributed by atoms with Gasteiger partial charge in [-0.2, -0.15) is 0 Å². The number of nitrogens with zero attached hydrogens (tertiary/aromatic N) is 2. The summed E-state index contributed by atoms with van der Waals surface area (Å²) in [7, 11) is 3.50. The summed E-state index contributed by atoms with van der Waals surface area (Å²) in [6.45, 7) is 6.65. The zero-order valence-electron chi connectivity index (χ0n) is 18.1. The first kappa shape index (κ1) is 21.8. The van der Waals surface area contributed by atoms with E-state index in [9.17, 15) is 9.18 Å². The van der Waals surface area contributed by atoms with Crippen LogP contribution in [0.5, 0.6) is 5.75 Å².